The van der Waals surface area contributed by atoms with Gasteiger partial charge in [0.15, 0.2) is 0 Å². The van der Waals surface area contributed by atoms with E-state index >= 15 is 0 Å². The van der Waals surface area contributed by atoms with Crippen LogP contribution in [0.5, 0.6) is 0 Å². The molecule has 0 atom stereocenters. The van der Waals surface area contributed by atoms with E-state index in [0.29, 0.717) is 10.6 Å². The Hall–Kier alpha value is -1.34. The zero-order valence-corrected chi connectivity index (χ0v) is 12.0. The van der Waals surface area contributed by atoms with Gasteiger partial charge in [0.25, 0.3) is 0 Å². The summed E-state index contributed by atoms with van der Waals surface area (Å²) in [5.74, 6) is -1.02. The summed E-state index contributed by atoms with van der Waals surface area (Å²) >= 11 is 8.23. The Bertz CT molecular complexity index is 622. The predicted octanol–water partition coefficient (Wildman–Crippen LogP) is 3.23. The molecule has 0 aliphatic heterocycles. The van der Waals surface area contributed by atoms with E-state index < -0.39 is 5.97 Å². The SMILES string of the molecule is O=C(O)C=Cc1c(Cl)cccc1-n1cc(I)cn1. The molecule has 0 radical (unpaired) electrons. The van der Waals surface area contributed by atoms with Crippen molar-refractivity contribution in [3.63, 3.8) is 0 Å². The third kappa shape index (κ3) is 2.91. The van der Waals surface area contributed by atoms with Crippen LogP contribution in [-0.2, 0) is 4.79 Å². The Kier molecular flexibility index (Phi) is 4.03. The van der Waals surface area contributed by atoms with Crippen molar-refractivity contribution in [1.29, 1.82) is 0 Å². The molecule has 0 saturated carbocycles. The summed E-state index contributed by atoms with van der Waals surface area (Å²) in [4.78, 5) is 10.6. The minimum Gasteiger partial charge on any atom is -0.478 e. The van der Waals surface area contributed by atoms with E-state index in [2.05, 4.69) is 27.7 Å². The van der Waals surface area contributed by atoms with Crippen LogP contribution in [-0.4, -0.2) is 20.9 Å². The van der Waals surface area contributed by atoms with Crippen LogP contribution in [0.2, 0.25) is 5.02 Å². The molecule has 0 bridgehead atoms. The molecular formula is C12H8ClIN2O2. The highest BCUT2D eigenvalue weighted by Crippen LogP contribution is 2.24. The van der Waals surface area contributed by atoms with Gasteiger partial charge in [0, 0.05) is 22.9 Å². The molecule has 18 heavy (non-hydrogen) atoms. The van der Waals surface area contributed by atoms with Gasteiger partial charge >= 0.3 is 5.97 Å². The van der Waals surface area contributed by atoms with Crippen LogP contribution in [0, 0.1) is 3.57 Å². The molecule has 0 saturated heterocycles. The second-order valence-corrected chi connectivity index (χ2v) is 5.10. The molecule has 0 aliphatic rings. The number of halogens is 2. The van der Waals surface area contributed by atoms with E-state index in [1.165, 1.54) is 6.08 Å². The van der Waals surface area contributed by atoms with Crippen LogP contribution >= 0.6 is 34.2 Å². The van der Waals surface area contributed by atoms with Crippen molar-refractivity contribution in [2.45, 2.75) is 0 Å². The van der Waals surface area contributed by atoms with E-state index in [-0.39, 0.29) is 0 Å². The van der Waals surface area contributed by atoms with Gasteiger partial charge in [0.1, 0.15) is 0 Å². The number of nitrogens with zero attached hydrogens (tertiary/aromatic N) is 2. The van der Waals surface area contributed by atoms with Gasteiger partial charge in [-0.3, -0.25) is 0 Å². The molecule has 2 aromatic rings. The van der Waals surface area contributed by atoms with E-state index in [1.807, 2.05) is 12.3 Å². The lowest BCUT2D eigenvalue weighted by atomic mass is 10.1. The van der Waals surface area contributed by atoms with E-state index in [9.17, 15) is 4.79 Å². The number of carbonyl (C=O) groups is 1. The number of carboxylic acid groups (broad SMARTS) is 1. The van der Waals surface area contributed by atoms with Crippen molar-refractivity contribution in [1.82, 2.24) is 9.78 Å². The topological polar surface area (TPSA) is 55.1 Å². The molecule has 1 aromatic heterocycles. The van der Waals surface area contributed by atoms with E-state index in [4.69, 9.17) is 16.7 Å². The molecular weight excluding hydrogens is 367 g/mol. The first-order chi connectivity index (χ1) is 8.58. The standard InChI is InChI=1S/C12H8ClIN2O2/c13-10-2-1-3-11(9(10)4-5-12(17)18)16-7-8(14)6-15-16/h1-7H,(H,17,18). The molecule has 1 heterocycles. The minimum atomic E-state index is -1.02. The monoisotopic (exact) mass is 374 g/mol. The van der Waals surface area contributed by atoms with Crippen LogP contribution in [0.1, 0.15) is 5.56 Å². The smallest absolute Gasteiger partial charge is 0.328 e. The van der Waals surface area contributed by atoms with Crippen molar-refractivity contribution in [3.8, 4) is 5.69 Å². The molecule has 1 N–H and O–H groups in total. The summed E-state index contributed by atoms with van der Waals surface area (Å²) in [5.41, 5.74) is 1.36. The zero-order valence-electron chi connectivity index (χ0n) is 9.05. The van der Waals surface area contributed by atoms with Crippen molar-refractivity contribution in [2.24, 2.45) is 0 Å². The number of carboxylic acids is 1. The van der Waals surface area contributed by atoms with Crippen LogP contribution in [0.4, 0.5) is 0 Å². The van der Waals surface area contributed by atoms with Gasteiger partial charge < -0.3 is 5.11 Å². The average molecular weight is 375 g/mol. The third-order valence-corrected chi connectivity index (χ3v) is 3.11. The first-order valence-electron chi connectivity index (χ1n) is 4.98. The summed E-state index contributed by atoms with van der Waals surface area (Å²) in [5, 5.41) is 13.3. The number of aromatic nitrogens is 2. The van der Waals surface area contributed by atoms with Crippen LogP contribution < -0.4 is 0 Å². The van der Waals surface area contributed by atoms with Gasteiger partial charge in [-0.1, -0.05) is 17.7 Å². The maximum atomic E-state index is 10.6. The minimum absolute atomic E-state index is 0.482. The fraction of sp³-hybridized carbons (Fsp3) is 0. The first kappa shape index (κ1) is 13.1. The van der Waals surface area contributed by atoms with Gasteiger partial charge in [0.2, 0.25) is 0 Å². The highest BCUT2D eigenvalue weighted by molar-refractivity contribution is 14.1. The van der Waals surface area contributed by atoms with Crippen molar-refractivity contribution >= 4 is 46.2 Å². The molecule has 0 amide bonds. The summed E-state index contributed by atoms with van der Waals surface area (Å²) in [6.45, 7) is 0. The Morgan fingerprint density at radius 2 is 2.28 bits per heavy atom. The van der Waals surface area contributed by atoms with Crippen LogP contribution in [0.15, 0.2) is 36.7 Å². The van der Waals surface area contributed by atoms with Gasteiger partial charge in [-0.2, -0.15) is 5.10 Å². The summed E-state index contributed by atoms with van der Waals surface area (Å²) in [6.07, 6.45) is 6.07. The lowest BCUT2D eigenvalue weighted by Crippen LogP contribution is -1.98. The Morgan fingerprint density at radius 3 is 2.89 bits per heavy atom. The molecule has 0 fully saturated rings. The van der Waals surface area contributed by atoms with Gasteiger partial charge in [-0.25, -0.2) is 9.48 Å². The lowest BCUT2D eigenvalue weighted by Gasteiger charge is -2.07. The second-order valence-electron chi connectivity index (χ2n) is 3.45. The number of hydrogen-bond donors (Lipinski definition) is 1. The normalized spacial score (nSPS) is 11.0. The van der Waals surface area contributed by atoms with Crippen LogP contribution in [0.3, 0.4) is 0 Å². The molecule has 0 spiro atoms. The highest BCUT2D eigenvalue weighted by atomic mass is 127. The molecule has 0 aliphatic carbocycles. The Morgan fingerprint density at radius 1 is 1.50 bits per heavy atom. The lowest BCUT2D eigenvalue weighted by molar-refractivity contribution is -0.131. The van der Waals surface area contributed by atoms with Gasteiger partial charge in [0.05, 0.1) is 15.5 Å². The summed E-state index contributed by atoms with van der Waals surface area (Å²) < 4.78 is 2.65. The van der Waals surface area contributed by atoms with Crippen molar-refractivity contribution < 1.29 is 9.90 Å². The van der Waals surface area contributed by atoms with Gasteiger partial charge in [-0.05, 0) is 40.8 Å². The maximum Gasteiger partial charge on any atom is 0.328 e. The average Bonchev–Trinajstić information content (AvgIpc) is 2.73. The van der Waals surface area contributed by atoms with Crippen LogP contribution in [0.25, 0.3) is 11.8 Å². The number of rotatable bonds is 3. The molecule has 1 aromatic carbocycles. The highest BCUT2D eigenvalue weighted by Gasteiger charge is 2.07. The number of aliphatic carboxylic acids is 1. The van der Waals surface area contributed by atoms with Gasteiger partial charge in [-0.15, -0.1) is 0 Å². The Labute approximate surface area is 122 Å². The van der Waals surface area contributed by atoms with Crippen molar-refractivity contribution in [2.75, 3.05) is 0 Å². The van der Waals surface area contributed by atoms with E-state index in [1.54, 1.807) is 23.0 Å². The molecule has 6 heteroatoms. The fourth-order valence-electron chi connectivity index (χ4n) is 1.48. The molecule has 2 rings (SSSR count). The number of benzene rings is 1. The maximum absolute atomic E-state index is 10.6. The first-order valence-corrected chi connectivity index (χ1v) is 6.43. The second kappa shape index (κ2) is 5.53. The predicted molar refractivity (Wildman–Crippen MR) is 78.0 cm³/mol. The summed E-state index contributed by atoms with van der Waals surface area (Å²) in [6, 6.07) is 5.34. The van der Waals surface area contributed by atoms with E-state index in [0.717, 1.165) is 15.3 Å². The molecule has 92 valence electrons. The summed E-state index contributed by atoms with van der Waals surface area (Å²) in [7, 11) is 0. The molecule has 4 nitrogen and oxygen atoms in total. The van der Waals surface area contributed by atoms with Crippen molar-refractivity contribution in [3.05, 3.63) is 50.8 Å². The quantitative estimate of drug-likeness (QED) is 0.663. The zero-order chi connectivity index (χ0) is 13.1. The number of hydrogen-bond acceptors (Lipinski definition) is 2. The molecule has 0 unspecified atom stereocenters. The Balaban J connectivity index is 2.54. The largest absolute Gasteiger partial charge is 0.478 e. The third-order valence-electron chi connectivity index (χ3n) is 2.22. The fourth-order valence-corrected chi connectivity index (χ4v) is 2.10.